The van der Waals surface area contributed by atoms with Crippen molar-refractivity contribution in [2.75, 3.05) is 5.73 Å². The van der Waals surface area contributed by atoms with Gasteiger partial charge >= 0.3 is 0 Å². The molecule has 2 N–H and O–H groups in total. The number of aromatic nitrogens is 1. The number of benzene rings is 1. The van der Waals surface area contributed by atoms with Gasteiger partial charge in [-0.3, -0.25) is 0 Å². The number of nitrogen functional groups attached to an aromatic ring is 1. The van der Waals surface area contributed by atoms with Crippen molar-refractivity contribution in [2.45, 2.75) is 19.8 Å². The summed E-state index contributed by atoms with van der Waals surface area (Å²) in [7, 11) is 0. The molecule has 0 aliphatic heterocycles. The first-order valence-corrected chi connectivity index (χ1v) is 5.90. The molecule has 0 aliphatic rings. The third-order valence-corrected chi connectivity index (χ3v) is 2.93. The molecule has 0 fully saturated rings. The summed E-state index contributed by atoms with van der Waals surface area (Å²) in [6.07, 6.45) is 1.75. The maximum Gasteiger partial charge on any atom is 0.292 e. The number of aryl methyl sites for hydroxylation is 3. The van der Waals surface area contributed by atoms with Crippen LogP contribution in [0.5, 0.6) is 0 Å². The summed E-state index contributed by atoms with van der Waals surface area (Å²) in [5.74, 6) is 0.873. The quantitative estimate of drug-likeness (QED) is 0.940. The molecule has 0 aliphatic carbocycles. The van der Waals surface area contributed by atoms with Gasteiger partial charge in [-0.1, -0.05) is 28.1 Å². The van der Waals surface area contributed by atoms with Crippen LogP contribution in [-0.4, -0.2) is 4.98 Å². The van der Waals surface area contributed by atoms with Crippen LogP contribution < -0.4 is 5.73 Å². The number of halogens is 1. The first-order chi connectivity index (χ1) is 7.65. The van der Waals surface area contributed by atoms with Gasteiger partial charge in [0.2, 0.25) is 0 Å². The largest absolute Gasteiger partial charge is 0.429 e. The van der Waals surface area contributed by atoms with E-state index in [4.69, 9.17) is 10.2 Å². The van der Waals surface area contributed by atoms with Crippen LogP contribution in [0.25, 0.3) is 0 Å². The molecular weight excluding hydrogens is 268 g/mol. The second-order valence-corrected chi connectivity index (χ2v) is 4.61. The van der Waals surface area contributed by atoms with Gasteiger partial charge in [0.25, 0.3) is 6.01 Å². The van der Waals surface area contributed by atoms with Crippen LogP contribution >= 0.6 is 15.9 Å². The van der Waals surface area contributed by atoms with E-state index in [1.165, 1.54) is 5.56 Å². The lowest BCUT2D eigenvalue weighted by molar-refractivity contribution is 0.519. The SMILES string of the molecule is Cc1nc(N)oc1CCc1cccc(Br)c1. The van der Waals surface area contributed by atoms with Gasteiger partial charge < -0.3 is 10.2 Å². The maximum atomic E-state index is 5.49. The number of rotatable bonds is 3. The van der Waals surface area contributed by atoms with Gasteiger partial charge in [0.15, 0.2) is 0 Å². The Kier molecular flexibility index (Phi) is 3.29. The Bertz CT molecular complexity index is 494. The van der Waals surface area contributed by atoms with Crippen molar-refractivity contribution in [2.24, 2.45) is 0 Å². The van der Waals surface area contributed by atoms with Gasteiger partial charge in [0.05, 0.1) is 5.69 Å². The second kappa shape index (κ2) is 4.70. The van der Waals surface area contributed by atoms with Crippen molar-refractivity contribution >= 4 is 21.9 Å². The van der Waals surface area contributed by atoms with E-state index in [1.807, 2.05) is 19.1 Å². The normalized spacial score (nSPS) is 10.6. The number of hydrogen-bond donors (Lipinski definition) is 1. The Morgan fingerprint density at radius 1 is 1.38 bits per heavy atom. The van der Waals surface area contributed by atoms with E-state index in [2.05, 4.69) is 33.0 Å². The highest BCUT2D eigenvalue weighted by atomic mass is 79.9. The van der Waals surface area contributed by atoms with Gasteiger partial charge in [0.1, 0.15) is 5.76 Å². The molecule has 4 heteroatoms. The van der Waals surface area contributed by atoms with Crippen LogP contribution in [0.3, 0.4) is 0 Å². The lowest BCUT2D eigenvalue weighted by Crippen LogP contribution is -1.91. The molecule has 2 aromatic rings. The van der Waals surface area contributed by atoms with Crippen molar-refractivity contribution in [1.82, 2.24) is 4.98 Å². The summed E-state index contributed by atoms with van der Waals surface area (Å²) in [6, 6.07) is 8.50. The van der Waals surface area contributed by atoms with Crippen molar-refractivity contribution in [3.8, 4) is 0 Å². The molecule has 0 saturated heterocycles. The van der Waals surface area contributed by atoms with Crippen molar-refractivity contribution in [3.63, 3.8) is 0 Å². The molecule has 1 aromatic carbocycles. The fraction of sp³-hybridized carbons (Fsp3) is 0.250. The molecule has 16 heavy (non-hydrogen) atoms. The van der Waals surface area contributed by atoms with Crippen LogP contribution in [0.1, 0.15) is 17.0 Å². The summed E-state index contributed by atoms with van der Waals surface area (Å²) >= 11 is 3.45. The minimum absolute atomic E-state index is 0.252. The zero-order valence-corrected chi connectivity index (χ0v) is 10.6. The molecule has 2 rings (SSSR count). The predicted molar refractivity (Wildman–Crippen MR) is 67.2 cm³/mol. The highest BCUT2D eigenvalue weighted by Crippen LogP contribution is 2.16. The number of nitrogens with zero attached hydrogens (tertiary/aromatic N) is 1. The standard InChI is InChI=1S/C12H13BrN2O/c1-8-11(16-12(14)15-8)6-5-9-3-2-4-10(13)7-9/h2-4,7H,5-6H2,1H3,(H2,14,15). The smallest absolute Gasteiger partial charge is 0.292 e. The van der Waals surface area contributed by atoms with Crippen LogP contribution in [-0.2, 0) is 12.8 Å². The summed E-state index contributed by atoms with van der Waals surface area (Å²) in [5.41, 5.74) is 7.64. The minimum Gasteiger partial charge on any atom is -0.429 e. The van der Waals surface area contributed by atoms with E-state index < -0.39 is 0 Å². The van der Waals surface area contributed by atoms with E-state index in [0.29, 0.717) is 0 Å². The Morgan fingerprint density at radius 2 is 2.19 bits per heavy atom. The third-order valence-electron chi connectivity index (χ3n) is 2.44. The first-order valence-electron chi connectivity index (χ1n) is 5.11. The molecule has 1 aromatic heterocycles. The van der Waals surface area contributed by atoms with E-state index in [0.717, 1.165) is 28.8 Å². The summed E-state index contributed by atoms with van der Waals surface area (Å²) < 4.78 is 6.42. The number of nitrogens with two attached hydrogens (primary N) is 1. The van der Waals surface area contributed by atoms with Gasteiger partial charge in [-0.25, -0.2) is 0 Å². The maximum absolute atomic E-state index is 5.49. The average molecular weight is 281 g/mol. The molecule has 0 spiro atoms. The number of hydrogen-bond acceptors (Lipinski definition) is 3. The van der Waals surface area contributed by atoms with E-state index in [-0.39, 0.29) is 6.01 Å². The van der Waals surface area contributed by atoms with Crippen molar-refractivity contribution < 1.29 is 4.42 Å². The predicted octanol–water partition coefficient (Wildman–Crippen LogP) is 3.11. The molecule has 0 unspecified atom stereocenters. The van der Waals surface area contributed by atoms with E-state index >= 15 is 0 Å². The molecule has 3 nitrogen and oxygen atoms in total. The Labute approximate surface area is 103 Å². The van der Waals surface area contributed by atoms with Crippen LogP contribution in [0.15, 0.2) is 33.2 Å². The van der Waals surface area contributed by atoms with Gasteiger partial charge in [-0.15, -0.1) is 0 Å². The van der Waals surface area contributed by atoms with Crippen molar-refractivity contribution in [1.29, 1.82) is 0 Å². The molecule has 0 radical (unpaired) electrons. The summed E-state index contributed by atoms with van der Waals surface area (Å²) in [5, 5.41) is 0. The fourth-order valence-corrected chi connectivity index (χ4v) is 2.08. The zero-order chi connectivity index (χ0) is 11.5. The molecule has 0 bridgehead atoms. The van der Waals surface area contributed by atoms with E-state index in [1.54, 1.807) is 0 Å². The van der Waals surface area contributed by atoms with Gasteiger partial charge in [-0.05, 0) is 31.0 Å². The summed E-state index contributed by atoms with van der Waals surface area (Å²) in [6.45, 7) is 1.91. The number of anilines is 1. The van der Waals surface area contributed by atoms with Crippen molar-refractivity contribution in [3.05, 3.63) is 45.8 Å². The van der Waals surface area contributed by atoms with Crippen LogP contribution in [0.4, 0.5) is 6.01 Å². The minimum atomic E-state index is 0.252. The molecule has 84 valence electrons. The van der Waals surface area contributed by atoms with Gasteiger partial charge in [0, 0.05) is 10.9 Å². The molecule has 0 saturated carbocycles. The fourth-order valence-electron chi connectivity index (χ4n) is 1.63. The molecule has 0 atom stereocenters. The average Bonchev–Trinajstić information content (AvgIpc) is 2.54. The van der Waals surface area contributed by atoms with Crippen LogP contribution in [0.2, 0.25) is 0 Å². The zero-order valence-electron chi connectivity index (χ0n) is 9.03. The summed E-state index contributed by atoms with van der Waals surface area (Å²) in [4.78, 5) is 4.04. The van der Waals surface area contributed by atoms with Gasteiger partial charge in [-0.2, -0.15) is 4.98 Å². The Balaban J connectivity index is 2.05. The Morgan fingerprint density at radius 3 is 2.81 bits per heavy atom. The first kappa shape index (κ1) is 11.2. The molecular formula is C12H13BrN2O. The lowest BCUT2D eigenvalue weighted by Gasteiger charge is -2.00. The lowest BCUT2D eigenvalue weighted by atomic mass is 10.1. The number of oxazole rings is 1. The molecule has 1 heterocycles. The third kappa shape index (κ3) is 2.64. The topological polar surface area (TPSA) is 52.0 Å². The Hall–Kier alpha value is -1.29. The van der Waals surface area contributed by atoms with E-state index in [9.17, 15) is 0 Å². The highest BCUT2D eigenvalue weighted by Gasteiger charge is 2.07. The van der Waals surface area contributed by atoms with Crippen LogP contribution in [0, 0.1) is 6.92 Å². The monoisotopic (exact) mass is 280 g/mol. The highest BCUT2D eigenvalue weighted by molar-refractivity contribution is 9.10. The second-order valence-electron chi connectivity index (χ2n) is 3.69. The molecule has 0 amide bonds.